The quantitative estimate of drug-likeness (QED) is 0.398. The molecule has 2 rings (SSSR count). The Balaban J connectivity index is 1.82. The molecule has 1 aromatic rings. The van der Waals surface area contributed by atoms with Crippen molar-refractivity contribution in [2.45, 2.75) is 37.7 Å². The average molecular weight is 292 g/mol. The van der Waals surface area contributed by atoms with Crippen LogP contribution in [0.3, 0.4) is 0 Å². The molecule has 1 aromatic carbocycles. The summed E-state index contributed by atoms with van der Waals surface area (Å²) in [5, 5.41) is 0. The molecule has 0 aromatic heterocycles. The maximum atomic E-state index is 11.2. The van der Waals surface area contributed by atoms with Crippen LogP contribution < -0.4 is 0 Å². The van der Waals surface area contributed by atoms with Crippen molar-refractivity contribution in [1.82, 2.24) is 0 Å². The second-order valence-electron chi connectivity index (χ2n) is 5.02. The lowest BCUT2D eigenvalue weighted by atomic mass is 9.83. The molecule has 0 spiro atoms. The maximum absolute atomic E-state index is 11.2. The minimum absolute atomic E-state index is 0.168. The van der Waals surface area contributed by atoms with E-state index in [0.29, 0.717) is 5.92 Å². The number of rotatable bonds is 4. The second kappa shape index (κ2) is 7.39. The molecule has 0 N–H and O–H groups in total. The fourth-order valence-electron chi connectivity index (χ4n) is 2.57. The van der Waals surface area contributed by atoms with E-state index in [2.05, 4.69) is 41.6 Å². The highest BCUT2D eigenvalue weighted by Crippen LogP contribution is 2.34. The largest absolute Gasteiger partial charge is 0.497 e. The third-order valence-electron chi connectivity index (χ3n) is 3.71. The third kappa shape index (κ3) is 4.04. The van der Waals surface area contributed by atoms with Gasteiger partial charge in [0, 0.05) is 0 Å². The molecule has 1 aliphatic carbocycles. The van der Waals surface area contributed by atoms with Crippen LogP contribution in [0.1, 0.15) is 37.2 Å². The molecule has 20 heavy (non-hydrogen) atoms. The van der Waals surface area contributed by atoms with Gasteiger partial charge < -0.3 is 9.47 Å². The van der Waals surface area contributed by atoms with E-state index in [0.717, 1.165) is 25.7 Å². The van der Waals surface area contributed by atoms with E-state index in [-0.39, 0.29) is 11.0 Å². The molecule has 1 aliphatic rings. The zero-order valence-corrected chi connectivity index (χ0v) is 12.5. The average Bonchev–Trinajstić information content (AvgIpc) is 2.53. The van der Waals surface area contributed by atoms with Crippen molar-refractivity contribution in [1.29, 1.82) is 0 Å². The SMILES string of the molecule is COC(=O)/C(S)=C/OC1CCC(c2ccccc2)CC1. The molecule has 3 nitrogen and oxygen atoms in total. The van der Waals surface area contributed by atoms with E-state index >= 15 is 0 Å². The van der Waals surface area contributed by atoms with Crippen molar-refractivity contribution in [2.75, 3.05) is 7.11 Å². The molecule has 0 radical (unpaired) electrons. The predicted octanol–water partition coefficient (Wildman–Crippen LogP) is 3.67. The molecule has 0 aliphatic heterocycles. The summed E-state index contributed by atoms with van der Waals surface area (Å²) in [5.74, 6) is 0.155. The van der Waals surface area contributed by atoms with Crippen LogP contribution in [-0.4, -0.2) is 19.2 Å². The van der Waals surface area contributed by atoms with Gasteiger partial charge in [-0.2, -0.15) is 0 Å². The Morgan fingerprint density at radius 2 is 1.85 bits per heavy atom. The fourth-order valence-corrected chi connectivity index (χ4v) is 2.72. The van der Waals surface area contributed by atoms with Gasteiger partial charge in [0.25, 0.3) is 0 Å². The summed E-state index contributed by atoms with van der Waals surface area (Å²) in [7, 11) is 1.33. The summed E-state index contributed by atoms with van der Waals surface area (Å²) in [4.78, 5) is 11.4. The van der Waals surface area contributed by atoms with Crippen molar-refractivity contribution in [2.24, 2.45) is 0 Å². The molecular weight excluding hydrogens is 272 g/mol. The number of thiol groups is 1. The standard InChI is InChI=1S/C16H20O3S/c1-18-16(17)15(20)11-19-14-9-7-13(8-10-14)12-5-3-2-4-6-12/h2-6,11,13-14,20H,7-10H2,1H3/b15-11-. The summed E-state index contributed by atoms with van der Waals surface area (Å²) >= 11 is 4.04. The summed E-state index contributed by atoms with van der Waals surface area (Å²) in [6.07, 6.45) is 5.80. The molecule has 0 heterocycles. The summed E-state index contributed by atoms with van der Waals surface area (Å²) in [5.41, 5.74) is 1.41. The van der Waals surface area contributed by atoms with Crippen molar-refractivity contribution >= 4 is 18.6 Å². The van der Waals surface area contributed by atoms with Crippen molar-refractivity contribution in [3.8, 4) is 0 Å². The molecule has 1 saturated carbocycles. The monoisotopic (exact) mass is 292 g/mol. The molecule has 0 unspecified atom stereocenters. The highest BCUT2D eigenvalue weighted by atomic mass is 32.1. The van der Waals surface area contributed by atoms with Crippen LogP contribution >= 0.6 is 12.6 Å². The Morgan fingerprint density at radius 3 is 2.45 bits per heavy atom. The van der Waals surface area contributed by atoms with E-state index in [1.807, 2.05) is 6.07 Å². The van der Waals surface area contributed by atoms with Crippen molar-refractivity contribution in [3.05, 3.63) is 47.1 Å². The van der Waals surface area contributed by atoms with Crippen molar-refractivity contribution in [3.63, 3.8) is 0 Å². The van der Waals surface area contributed by atoms with Crippen LogP contribution in [0.2, 0.25) is 0 Å². The van der Waals surface area contributed by atoms with Gasteiger partial charge in [0.2, 0.25) is 0 Å². The number of hydrogen-bond donors (Lipinski definition) is 1. The Labute approximate surface area is 125 Å². The van der Waals surface area contributed by atoms with Gasteiger partial charge in [-0.05, 0) is 37.2 Å². The normalized spacial score (nSPS) is 23.2. The number of hydrogen-bond acceptors (Lipinski definition) is 4. The Morgan fingerprint density at radius 1 is 1.20 bits per heavy atom. The van der Waals surface area contributed by atoms with Gasteiger partial charge in [-0.25, -0.2) is 4.79 Å². The smallest absolute Gasteiger partial charge is 0.347 e. The van der Waals surface area contributed by atoms with Crippen molar-refractivity contribution < 1.29 is 14.3 Å². The fraction of sp³-hybridized carbons (Fsp3) is 0.438. The van der Waals surface area contributed by atoms with Gasteiger partial charge >= 0.3 is 5.97 Å². The maximum Gasteiger partial charge on any atom is 0.347 e. The van der Waals surface area contributed by atoms with Crippen LogP contribution in [0.4, 0.5) is 0 Å². The molecule has 0 saturated heterocycles. The van der Waals surface area contributed by atoms with E-state index in [9.17, 15) is 4.79 Å². The highest BCUT2D eigenvalue weighted by molar-refractivity contribution is 7.85. The van der Waals surface area contributed by atoms with Crippen LogP contribution in [0, 0.1) is 0 Å². The highest BCUT2D eigenvalue weighted by Gasteiger charge is 2.22. The Kier molecular flexibility index (Phi) is 5.53. The third-order valence-corrected chi connectivity index (χ3v) is 4.00. The van der Waals surface area contributed by atoms with Gasteiger partial charge in [0.05, 0.1) is 13.2 Å². The first-order valence-corrected chi connectivity index (χ1v) is 7.33. The van der Waals surface area contributed by atoms with E-state index < -0.39 is 5.97 Å². The number of carbonyl (C=O) groups is 1. The van der Waals surface area contributed by atoms with E-state index in [4.69, 9.17) is 4.74 Å². The zero-order chi connectivity index (χ0) is 14.4. The lowest BCUT2D eigenvalue weighted by Gasteiger charge is -2.28. The Hall–Kier alpha value is -1.42. The van der Waals surface area contributed by atoms with Gasteiger partial charge in [-0.3, -0.25) is 0 Å². The zero-order valence-electron chi connectivity index (χ0n) is 11.6. The minimum Gasteiger partial charge on any atom is -0.497 e. The van der Waals surface area contributed by atoms with Gasteiger partial charge in [-0.15, -0.1) is 12.6 Å². The summed E-state index contributed by atoms with van der Waals surface area (Å²) < 4.78 is 10.2. The number of methoxy groups -OCH3 is 1. The van der Waals surface area contributed by atoms with Crippen LogP contribution in [0.25, 0.3) is 0 Å². The molecule has 0 amide bonds. The minimum atomic E-state index is -0.466. The molecule has 1 fully saturated rings. The summed E-state index contributed by atoms with van der Waals surface area (Å²) in [6.45, 7) is 0. The lowest BCUT2D eigenvalue weighted by molar-refractivity contribution is -0.135. The van der Waals surface area contributed by atoms with Gasteiger partial charge in [0.15, 0.2) is 0 Å². The topological polar surface area (TPSA) is 35.5 Å². The molecular formula is C16H20O3S. The molecule has 0 atom stereocenters. The van der Waals surface area contributed by atoms with E-state index in [1.165, 1.54) is 18.9 Å². The van der Waals surface area contributed by atoms with Crippen LogP contribution in [0.5, 0.6) is 0 Å². The van der Waals surface area contributed by atoms with Crippen LogP contribution in [-0.2, 0) is 14.3 Å². The Bertz CT molecular complexity index is 462. The van der Waals surface area contributed by atoms with E-state index in [1.54, 1.807) is 0 Å². The molecule has 0 bridgehead atoms. The lowest BCUT2D eigenvalue weighted by Crippen LogP contribution is -2.19. The predicted molar refractivity (Wildman–Crippen MR) is 81.6 cm³/mol. The van der Waals surface area contributed by atoms with Crippen LogP contribution in [0.15, 0.2) is 41.5 Å². The number of carbonyl (C=O) groups excluding carboxylic acids is 1. The summed E-state index contributed by atoms with van der Waals surface area (Å²) in [6, 6.07) is 10.6. The first kappa shape index (κ1) is 15.0. The molecule has 108 valence electrons. The number of esters is 1. The second-order valence-corrected chi connectivity index (χ2v) is 5.50. The van der Waals surface area contributed by atoms with Gasteiger partial charge in [-0.1, -0.05) is 30.3 Å². The number of benzene rings is 1. The first-order valence-electron chi connectivity index (χ1n) is 6.88. The van der Waals surface area contributed by atoms with Gasteiger partial charge in [0.1, 0.15) is 11.2 Å². The first-order chi connectivity index (χ1) is 9.70. The number of ether oxygens (including phenoxy) is 2. The molecule has 4 heteroatoms.